The molecule has 6 rings (SSSR count). The summed E-state index contributed by atoms with van der Waals surface area (Å²) in [7, 11) is -2.78. The van der Waals surface area contributed by atoms with Crippen LogP contribution in [0.3, 0.4) is 0 Å². The minimum atomic E-state index is -2.78. The number of fused-ring (bicyclic) bond motifs is 4. The van der Waals surface area contributed by atoms with Crippen LogP contribution in [0.25, 0.3) is 10.9 Å². The largest absolute Gasteiger partial charge is 0.465 e. The highest BCUT2D eigenvalue weighted by Crippen LogP contribution is 2.53. The number of halogens is 3. The lowest BCUT2D eigenvalue weighted by molar-refractivity contribution is -0.0727. The number of carbonyl (C=O) groups is 1. The molecule has 0 saturated carbocycles. The highest BCUT2D eigenvalue weighted by Gasteiger charge is 2.65. The van der Waals surface area contributed by atoms with E-state index in [9.17, 15) is 14.3 Å². The van der Waals surface area contributed by atoms with Crippen molar-refractivity contribution in [3.63, 3.8) is 0 Å². The van der Waals surface area contributed by atoms with Crippen LogP contribution in [-0.2, 0) is 4.74 Å². The zero-order valence-corrected chi connectivity index (χ0v) is 25.0. The fourth-order valence-electron chi connectivity index (χ4n) is 8.45. The number of anilines is 1. The Labute approximate surface area is 253 Å². The summed E-state index contributed by atoms with van der Waals surface area (Å²) in [5.41, 5.74) is -2.60. The summed E-state index contributed by atoms with van der Waals surface area (Å²) in [5, 5.41) is 10.3. The monoisotopic (exact) mass is 611 g/mol. The topological polar surface area (TPSA) is 104 Å². The highest BCUT2D eigenvalue weighted by molar-refractivity contribution is 6.30. The van der Waals surface area contributed by atoms with Gasteiger partial charge in [0.05, 0.1) is 38.8 Å². The molecule has 230 valence electrons. The summed E-state index contributed by atoms with van der Waals surface area (Å²) in [6.45, 7) is 8.81. The third-order valence-electron chi connectivity index (χ3n) is 9.90. The van der Waals surface area contributed by atoms with Crippen molar-refractivity contribution in [3.8, 4) is 6.01 Å². The molecule has 4 aliphatic heterocycles. The number of hydrogen-bond acceptors (Lipinski definition) is 8. The number of pyridine rings is 1. The lowest BCUT2D eigenvalue weighted by Crippen LogP contribution is -2.75. The van der Waals surface area contributed by atoms with Crippen molar-refractivity contribution in [1.82, 2.24) is 24.8 Å². The third kappa shape index (κ3) is 4.39. The smallest absolute Gasteiger partial charge is 0.408 e. The molecular weight excluding hydrogens is 570 g/mol. The zero-order chi connectivity index (χ0) is 32.7. The van der Waals surface area contributed by atoms with Gasteiger partial charge in [-0.1, -0.05) is 32.4 Å². The van der Waals surface area contributed by atoms with Crippen molar-refractivity contribution in [2.75, 3.05) is 38.2 Å². The SMILES string of the molecule is [2H]C([2H])([2H])OC(C)C12CCC(CN(c3nc(OC[C@@]45CCCN4C[C@H](F)C5)nc4c(F)c(Cl)ncc34)C1C(C)(C)C)N2C(=O)O. The molecule has 0 spiro atoms. The van der Waals surface area contributed by atoms with Gasteiger partial charge >= 0.3 is 12.1 Å². The van der Waals surface area contributed by atoms with Crippen LogP contribution >= 0.6 is 11.6 Å². The van der Waals surface area contributed by atoms with E-state index in [4.69, 9.17) is 30.2 Å². The maximum Gasteiger partial charge on any atom is 0.408 e. The number of hydrogen-bond donors (Lipinski definition) is 1. The molecule has 0 aliphatic carbocycles. The van der Waals surface area contributed by atoms with Gasteiger partial charge in [0.2, 0.25) is 0 Å². The van der Waals surface area contributed by atoms with E-state index in [0.29, 0.717) is 25.8 Å². The second-order valence-corrected chi connectivity index (χ2v) is 13.7. The summed E-state index contributed by atoms with van der Waals surface area (Å²) in [4.78, 5) is 31.4. The Kier molecular flexibility index (Phi) is 6.33. The van der Waals surface area contributed by atoms with Crippen LogP contribution in [0.5, 0.6) is 6.01 Å². The number of alkyl halides is 1. The van der Waals surface area contributed by atoms with Crippen molar-refractivity contribution >= 4 is 34.4 Å². The molecular formula is C29H39ClF2N6O4. The van der Waals surface area contributed by atoms with Crippen molar-refractivity contribution in [2.24, 2.45) is 5.41 Å². The summed E-state index contributed by atoms with van der Waals surface area (Å²) in [5.74, 6) is -0.600. The Morgan fingerprint density at radius 3 is 2.83 bits per heavy atom. The van der Waals surface area contributed by atoms with Gasteiger partial charge in [0, 0.05) is 32.7 Å². The van der Waals surface area contributed by atoms with E-state index in [-0.39, 0.29) is 41.0 Å². The fourth-order valence-corrected chi connectivity index (χ4v) is 8.58. The molecule has 4 unspecified atom stereocenters. The highest BCUT2D eigenvalue weighted by atomic mass is 35.5. The molecule has 6 atom stereocenters. The quantitative estimate of drug-likeness (QED) is 0.456. The molecule has 1 N–H and O–H groups in total. The first-order chi connectivity index (χ1) is 21.0. The summed E-state index contributed by atoms with van der Waals surface area (Å²) < 4.78 is 65.3. The van der Waals surface area contributed by atoms with Gasteiger partial charge in [0.15, 0.2) is 11.0 Å². The number of aromatic nitrogens is 3. The molecule has 0 aromatic carbocycles. The Bertz CT molecular complexity index is 1500. The van der Waals surface area contributed by atoms with Crippen molar-refractivity contribution < 1.29 is 32.3 Å². The third-order valence-corrected chi connectivity index (χ3v) is 10.2. The average Bonchev–Trinajstić information content (AvgIpc) is 3.54. The van der Waals surface area contributed by atoms with Crippen LogP contribution in [0.15, 0.2) is 6.20 Å². The van der Waals surface area contributed by atoms with Crippen LogP contribution in [0.1, 0.15) is 63.9 Å². The van der Waals surface area contributed by atoms with Gasteiger partial charge in [-0.15, -0.1) is 0 Å². The number of carboxylic acid groups (broad SMARTS) is 1. The van der Waals surface area contributed by atoms with Gasteiger partial charge in [-0.05, 0) is 44.6 Å². The standard InChI is InChI=1S/C29H39ClF2N6O4/c1-16(41-5)29-9-7-18(38(29)26(39)40)14-37(24(29)27(2,3)4)23-19-12-33-22(30)20(32)21(19)34-25(35-23)42-15-28-8-6-10-36(28)13-17(31)11-28/h12,16-18,24H,6-11,13-15H2,1-5H3,(H,39,40)/t16?,17-,18?,24?,28+,29?/m1/s1/i5D3. The molecule has 2 aromatic heterocycles. The molecule has 10 nitrogen and oxygen atoms in total. The first-order valence-corrected chi connectivity index (χ1v) is 14.8. The molecule has 2 bridgehead atoms. The van der Waals surface area contributed by atoms with E-state index in [2.05, 4.69) is 14.9 Å². The molecule has 4 fully saturated rings. The van der Waals surface area contributed by atoms with Crippen molar-refractivity contribution in [2.45, 2.75) is 95.2 Å². The van der Waals surface area contributed by atoms with Gasteiger partial charge in [0.25, 0.3) is 0 Å². The van der Waals surface area contributed by atoms with Crippen LogP contribution in [0.4, 0.5) is 19.4 Å². The molecule has 6 heterocycles. The van der Waals surface area contributed by atoms with Gasteiger partial charge in [-0.2, -0.15) is 9.97 Å². The van der Waals surface area contributed by atoms with Crippen LogP contribution in [-0.4, -0.2) is 105 Å². The zero-order valence-electron chi connectivity index (χ0n) is 27.2. The number of nitrogens with zero attached hydrogens (tertiary/aromatic N) is 6. The second kappa shape index (κ2) is 10.3. The Morgan fingerprint density at radius 2 is 2.12 bits per heavy atom. The predicted molar refractivity (Wildman–Crippen MR) is 154 cm³/mol. The van der Waals surface area contributed by atoms with Gasteiger partial charge in [-0.3, -0.25) is 9.80 Å². The van der Waals surface area contributed by atoms with Crippen LogP contribution in [0.2, 0.25) is 5.15 Å². The lowest BCUT2D eigenvalue weighted by atomic mass is 9.68. The van der Waals surface area contributed by atoms with E-state index in [0.717, 1.165) is 19.4 Å². The molecule has 2 aromatic rings. The average molecular weight is 612 g/mol. The van der Waals surface area contributed by atoms with Crippen LogP contribution in [0, 0.1) is 11.2 Å². The maximum absolute atomic E-state index is 15.6. The lowest BCUT2D eigenvalue weighted by Gasteiger charge is -2.59. The van der Waals surface area contributed by atoms with Gasteiger partial charge < -0.3 is 19.5 Å². The van der Waals surface area contributed by atoms with Gasteiger partial charge in [0.1, 0.15) is 24.1 Å². The Hall–Kier alpha value is -2.57. The molecule has 1 amide bonds. The van der Waals surface area contributed by atoms with Gasteiger partial charge in [-0.25, -0.2) is 18.6 Å². The maximum atomic E-state index is 15.6. The fraction of sp³-hybridized carbons (Fsp3) is 0.724. The molecule has 13 heteroatoms. The van der Waals surface area contributed by atoms with Crippen molar-refractivity contribution in [1.29, 1.82) is 0 Å². The molecule has 0 radical (unpaired) electrons. The minimum Gasteiger partial charge on any atom is -0.465 e. The van der Waals surface area contributed by atoms with E-state index in [1.54, 1.807) is 6.92 Å². The molecule has 42 heavy (non-hydrogen) atoms. The second-order valence-electron chi connectivity index (χ2n) is 13.3. The number of ether oxygens (including phenoxy) is 2. The summed E-state index contributed by atoms with van der Waals surface area (Å²) in [6.07, 6.45) is 0.984. The Morgan fingerprint density at radius 1 is 1.33 bits per heavy atom. The Balaban J connectivity index is 1.49. The van der Waals surface area contributed by atoms with Crippen molar-refractivity contribution in [3.05, 3.63) is 17.2 Å². The predicted octanol–water partition coefficient (Wildman–Crippen LogP) is 4.92. The van der Waals surface area contributed by atoms with E-state index in [1.165, 1.54) is 11.1 Å². The molecule has 4 aliphatic rings. The van der Waals surface area contributed by atoms with E-state index < -0.39 is 59.8 Å². The number of methoxy groups -OCH3 is 1. The first-order valence-electron chi connectivity index (χ1n) is 16.0. The number of amides is 1. The number of piperazine rings is 1. The van der Waals surface area contributed by atoms with Crippen LogP contribution < -0.4 is 9.64 Å². The van der Waals surface area contributed by atoms with E-state index in [1.807, 2.05) is 25.7 Å². The summed E-state index contributed by atoms with van der Waals surface area (Å²) >= 11 is 6.09. The number of rotatable bonds is 6. The minimum absolute atomic E-state index is 0.115. The first kappa shape index (κ1) is 25.9. The summed E-state index contributed by atoms with van der Waals surface area (Å²) in [6, 6.07) is -1.34. The normalized spacial score (nSPS) is 33.4. The molecule has 4 saturated heterocycles. The van der Waals surface area contributed by atoms with E-state index >= 15 is 4.39 Å².